The Balaban J connectivity index is 2.53. The van der Waals surface area contributed by atoms with Crippen LogP contribution in [0.2, 0.25) is 0 Å². The monoisotopic (exact) mass is 245 g/mol. The average molecular weight is 245 g/mol. The van der Waals surface area contributed by atoms with E-state index in [4.69, 9.17) is 10.8 Å². The van der Waals surface area contributed by atoms with Gasteiger partial charge in [0.2, 0.25) is 0 Å². The normalized spacial score (nSPS) is 12.3. The molecule has 1 aromatic heterocycles. The maximum absolute atomic E-state index is 11.2. The molecule has 5 N–H and O–H groups in total. The molecule has 88 valence electrons. The number of carbonyl (C=O) groups is 1. The van der Waals surface area contributed by atoms with Crippen molar-refractivity contribution in [2.24, 2.45) is 5.73 Å². The molecule has 0 aliphatic rings. The zero-order valence-electron chi connectivity index (χ0n) is 8.23. The number of thioether (sulfide) groups is 1. The fraction of sp³-hybridized carbons (Fsp3) is 0.375. The second-order valence-electron chi connectivity index (χ2n) is 3.06. The van der Waals surface area contributed by atoms with Crippen LogP contribution >= 0.6 is 11.8 Å². The van der Waals surface area contributed by atoms with Crippen LogP contribution in [0.5, 0.6) is 0 Å². The minimum absolute atomic E-state index is 0.202. The van der Waals surface area contributed by atoms with Crippen molar-refractivity contribution >= 4 is 17.7 Å². The number of carboxylic acids is 1. The molecule has 0 spiro atoms. The first-order valence-electron chi connectivity index (χ1n) is 4.37. The van der Waals surface area contributed by atoms with E-state index in [-0.39, 0.29) is 5.75 Å². The number of rotatable bonds is 5. The first-order chi connectivity index (χ1) is 7.50. The predicted molar refractivity (Wildman–Crippen MR) is 59.5 cm³/mol. The zero-order chi connectivity index (χ0) is 12.1. The summed E-state index contributed by atoms with van der Waals surface area (Å²) >= 11 is 1.21. The molecule has 8 heteroatoms. The molecule has 0 saturated heterocycles. The fourth-order valence-electron chi connectivity index (χ4n) is 0.912. The summed E-state index contributed by atoms with van der Waals surface area (Å²) in [6.07, 6.45) is 1.31. The van der Waals surface area contributed by atoms with Crippen molar-refractivity contribution in [3.05, 3.63) is 32.6 Å². The van der Waals surface area contributed by atoms with Crippen LogP contribution in [0.4, 0.5) is 0 Å². The number of aliphatic carboxylic acids is 1. The zero-order valence-corrected chi connectivity index (χ0v) is 9.04. The highest BCUT2D eigenvalue weighted by atomic mass is 32.2. The third kappa shape index (κ3) is 3.55. The van der Waals surface area contributed by atoms with Crippen LogP contribution in [0.15, 0.2) is 15.8 Å². The van der Waals surface area contributed by atoms with Gasteiger partial charge in [-0.05, 0) is 0 Å². The molecule has 0 aromatic carbocycles. The lowest BCUT2D eigenvalue weighted by Crippen LogP contribution is -2.32. The summed E-state index contributed by atoms with van der Waals surface area (Å²) in [7, 11) is 0. The van der Waals surface area contributed by atoms with Gasteiger partial charge in [-0.3, -0.25) is 14.6 Å². The maximum Gasteiger partial charge on any atom is 0.325 e. The lowest BCUT2D eigenvalue weighted by Gasteiger charge is -2.04. The molecule has 0 radical (unpaired) electrons. The Labute approximate surface area is 94.1 Å². The third-order valence-corrected chi connectivity index (χ3v) is 2.88. The molecule has 0 aliphatic carbocycles. The van der Waals surface area contributed by atoms with Gasteiger partial charge in [0.05, 0.1) is 0 Å². The number of nitrogens with one attached hydrogen (secondary N) is 2. The first-order valence-corrected chi connectivity index (χ1v) is 5.53. The standard InChI is InChI=1S/C8H11N3O4S/c9-5(7(13)14)3-16-2-4-1-10-8(15)11-6(4)12/h1,5H,2-3,9H2,(H,13,14)(H2,10,11,12,15). The van der Waals surface area contributed by atoms with Gasteiger partial charge in [0.25, 0.3) is 5.56 Å². The number of hydrogen-bond acceptors (Lipinski definition) is 5. The van der Waals surface area contributed by atoms with E-state index >= 15 is 0 Å². The van der Waals surface area contributed by atoms with E-state index in [0.717, 1.165) is 0 Å². The second-order valence-corrected chi connectivity index (χ2v) is 4.09. The molecular weight excluding hydrogens is 234 g/mol. The average Bonchev–Trinajstić information content (AvgIpc) is 2.20. The molecule has 16 heavy (non-hydrogen) atoms. The highest BCUT2D eigenvalue weighted by Crippen LogP contribution is 2.08. The molecule has 0 amide bonds. The summed E-state index contributed by atoms with van der Waals surface area (Å²) in [5.41, 5.74) is 4.62. The quantitative estimate of drug-likeness (QED) is 0.510. The van der Waals surface area contributed by atoms with Crippen LogP contribution in [0.3, 0.4) is 0 Å². The molecular formula is C8H11N3O4S. The van der Waals surface area contributed by atoms with Gasteiger partial charge in [-0.1, -0.05) is 0 Å². The van der Waals surface area contributed by atoms with E-state index in [1.807, 2.05) is 0 Å². The highest BCUT2D eigenvalue weighted by molar-refractivity contribution is 7.98. The molecule has 0 fully saturated rings. The largest absolute Gasteiger partial charge is 0.480 e. The third-order valence-electron chi connectivity index (χ3n) is 1.77. The Morgan fingerprint density at radius 2 is 2.25 bits per heavy atom. The second kappa shape index (κ2) is 5.52. The van der Waals surface area contributed by atoms with Crippen molar-refractivity contribution < 1.29 is 9.90 Å². The van der Waals surface area contributed by atoms with E-state index < -0.39 is 23.3 Å². The van der Waals surface area contributed by atoms with Crippen LogP contribution in [0.25, 0.3) is 0 Å². The Morgan fingerprint density at radius 1 is 1.56 bits per heavy atom. The Hall–Kier alpha value is -1.54. The fourth-order valence-corrected chi connectivity index (χ4v) is 1.86. The van der Waals surface area contributed by atoms with E-state index in [1.165, 1.54) is 18.0 Å². The SMILES string of the molecule is NC(CSCc1c[nH]c(=O)[nH]c1=O)C(=O)O. The Morgan fingerprint density at radius 3 is 2.81 bits per heavy atom. The van der Waals surface area contributed by atoms with Gasteiger partial charge in [-0.2, -0.15) is 11.8 Å². The number of H-pyrrole nitrogens is 2. The minimum atomic E-state index is -1.08. The summed E-state index contributed by atoms with van der Waals surface area (Å²) in [6, 6.07) is -0.952. The van der Waals surface area contributed by atoms with Crippen molar-refractivity contribution in [2.45, 2.75) is 11.8 Å². The molecule has 1 aromatic rings. The van der Waals surface area contributed by atoms with Gasteiger partial charge in [0, 0.05) is 23.3 Å². The van der Waals surface area contributed by atoms with Crippen LogP contribution in [-0.4, -0.2) is 32.8 Å². The summed E-state index contributed by atoms with van der Waals surface area (Å²) in [4.78, 5) is 36.7. The minimum Gasteiger partial charge on any atom is -0.480 e. The van der Waals surface area contributed by atoms with Crippen molar-refractivity contribution in [3.8, 4) is 0 Å². The van der Waals surface area contributed by atoms with Crippen molar-refractivity contribution in [3.63, 3.8) is 0 Å². The molecule has 7 nitrogen and oxygen atoms in total. The maximum atomic E-state index is 11.2. The topological polar surface area (TPSA) is 129 Å². The van der Waals surface area contributed by atoms with Crippen molar-refractivity contribution in [1.82, 2.24) is 9.97 Å². The van der Waals surface area contributed by atoms with E-state index in [2.05, 4.69) is 9.97 Å². The Bertz CT molecular complexity index is 481. The number of hydrogen-bond donors (Lipinski definition) is 4. The summed E-state index contributed by atoms with van der Waals surface area (Å²) in [5.74, 6) is -0.580. The number of carboxylic acid groups (broad SMARTS) is 1. The smallest absolute Gasteiger partial charge is 0.325 e. The Kier molecular flexibility index (Phi) is 4.32. The first kappa shape index (κ1) is 12.5. The number of aromatic nitrogens is 2. The van der Waals surface area contributed by atoms with Crippen molar-refractivity contribution in [1.29, 1.82) is 0 Å². The predicted octanol–water partition coefficient (Wildman–Crippen LogP) is -1.29. The van der Waals surface area contributed by atoms with Gasteiger partial charge in [0.1, 0.15) is 6.04 Å². The molecule has 0 aliphatic heterocycles. The van der Waals surface area contributed by atoms with E-state index in [9.17, 15) is 14.4 Å². The molecule has 0 bridgehead atoms. The molecule has 1 atom stereocenters. The van der Waals surface area contributed by atoms with Gasteiger partial charge >= 0.3 is 11.7 Å². The molecule has 1 unspecified atom stereocenters. The number of aromatic amines is 2. The summed E-state index contributed by atoms with van der Waals surface area (Å²) in [5, 5.41) is 8.52. The van der Waals surface area contributed by atoms with Gasteiger partial charge in [-0.25, -0.2) is 4.79 Å². The van der Waals surface area contributed by atoms with E-state index in [0.29, 0.717) is 11.3 Å². The lowest BCUT2D eigenvalue weighted by atomic mass is 10.4. The number of nitrogens with two attached hydrogens (primary N) is 1. The van der Waals surface area contributed by atoms with Crippen LogP contribution in [-0.2, 0) is 10.5 Å². The van der Waals surface area contributed by atoms with Gasteiger partial charge in [0.15, 0.2) is 0 Å². The van der Waals surface area contributed by atoms with Gasteiger partial charge < -0.3 is 15.8 Å². The van der Waals surface area contributed by atoms with Crippen LogP contribution < -0.4 is 17.0 Å². The van der Waals surface area contributed by atoms with Crippen LogP contribution in [0, 0.1) is 0 Å². The summed E-state index contributed by atoms with van der Waals surface area (Å²) in [6.45, 7) is 0. The lowest BCUT2D eigenvalue weighted by molar-refractivity contribution is -0.137. The summed E-state index contributed by atoms with van der Waals surface area (Å²) < 4.78 is 0. The molecule has 1 rings (SSSR count). The van der Waals surface area contributed by atoms with E-state index in [1.54, 1.807) is 0 Å². The van der Waals surface area contributed by atoms with Crippen LogP contribution in [0.1, 0.15) is 5.56 Å². The van der Waals surface area contributed by atoms with Crippen molar-refractivity contribution in [2.75, 3.05) is 5.75 Å². The van der Waals surface area contributed by atoms with Gasteiger partial charge in [-0.15, -0.1) is 0 Å². The molecule has 0 saturated carbocycles. The molecule has 1 heterocycles. The highest BCUT2D eigenvalue weighted by Gasteiger charge is 2.11.